The van der Waals surface area contributed by atoms with E-state index in [1.807, 2.05) is 0 Å². The van der Waals surface area contributed by atoms with Crippen molar-refractivity contribution in [1.82, 2.24) is 0 Å². The van der Waals surface area contributed by atoms with Crippen LogP contribution in [0.5, 0.6) is 23.0 Å². The first-order valence-electron chi connectivity index (χ1n) is 12.1. The Morgan fingerprint density at radius 3 is 2.00 bits per heavy atom. The van der Waals surface area contributed by atoms with Gasteiger partial charge in [-0.1, -0.05) is 0 Å². The van der Waals surface area contributed by atoms with E-state index in [9.17, 15) is 25.5 Å². The van der Waals surface area contributed by atoms with Crippen LogP contribution >= 0.6 is 0 Å². The van der Waals surface area contributed by atoms with Crippen LogP contribution in [-0.2, 0) is 14.2 Å². The summed E-state index contributed by atoms with van der Waals surface area (Å²) in [5, 5.41) is 49.5. The second kappa shape index (κ2) is 10.6. The van der Waals surface area contributed by atoms with E-state index in [4.69, 9.17) is 28.4 Å². The molecule has 3 fully saturated rings. The first-order valence-corrected chi connectivity index (χ1v) is 12.1. The zero-order chi connectivity index (χ0) is 26.3. The summed E-state index contributed by atoms with van der Waals surface area (Å²) in [6, 6.07) is 10.1. The predicted molar refractivity (Wildman–Crippen MR) is 126 cm³/mol. The van der Waals surface area contributed by atoms with Crippen LogP contribution in [-0.4, -0.2) is 90.3 Å². The number of aliphatic hydroxyl groups is 4. The quantitative estimate of drug-likeness (QED) is 0.349. The third-order valence-electron chi connectivity index (χ3n) is 7.40. The van der Waals surface area contributed by atoms with E-state index in [1.54, 1.807) is 43.5 Å². The molecule has 11 heteroatoms. The molecule has 3 heterocycles. The lowest BCUT2D eigenvalue weighted by Gasteiger charge is -2.39. The number of phenols is 1. The van der Waals surface area contributed by atoms with Crippen molar-refractivity contribution in [2.75, 3.05) is 34.0 Å². The number of methoxy groups -OCH3 is 2. The van der Waals surface area contributed by atoms with Crippen molar-refractivity contribution in [3.63, 3.8) is 0 Å². The summed E-state index contributed by atoms with van der Waals surface area (Å²) in [4.78, 5) is 0. The van der Waals surface area contributed by atoms with Crippen molar-refractivity contribution in [2.24, 2.45) is 11.8 Å². The van der Waals surface area contributed by atoms with Gasteiger partial charge in [0, 0.05) is 35.1 Å². The Balaban J connectivity index is 1.33. The highest BCUT2D eigenvalue weighted by molar-refractivity contribution is 5.44. The average Bonchev–Trinajstić information content (AvgIpc) is 3.51. The molecule has 0 aromatic heterocycles. The molecule has 37 heavy (non-hydrogen) atoms. The first-order chi connectivity index (χ1) is 17.9. The molecule has 202 valence electrons. The molecular weight excluding hydrogens is 488 g/mol. The number of aliphatic hydroxyl groups excluding tert-OH is 4. The van der Waals surface area contributed by atoms with E-state index in [2.05, 4.69) is 0 Å². The molecule has 5 N–H and O–H groups in total. The molecule has 5 rings (SSSR count). The van der Waals surface area contributed by atoms with Crippen molar-refractivity contribution in [3.05, 3.63) is 47.5 Å². The van der Waals surface area contributed by atoms with Gasteiger partial charge in [0.05, 0.1) is 46.2 Å². The van der Waals surface area contributed by atoms with E-state index >= 15 is 0 Å². The van der Waals surface area contributed by atoms with Crippen LogP contribution in [0, 0.1) is 11.8 Å². The van der Waals surface area contributed by atoms with Crippen molar-refractivity contribution in [2.45, 2.75) is 42.9 Å². The first kappa shape index (κ1) is 26.0. The van der Waals surface area contributed by atoms with E-state index < -0.39 is 37.3 Å². The number of ether oxygens (including phenoxy) is 6. The summed E-state index contributed by atoms with van der Waals surface area (Å²) in [7, 11) is 3.08. The summed E-state index contributed by atoms with van der Waals surface area (Å²) in [6.45, 7) is 0.389. The van der Waals surface area contributed by atoms with Gasteiger partial charge in [0.25, 0.3) is 0 Å². The van der Waals surface area contributed by atoms with Gasteiger partial charge in [-0.2, -0.15) is 0 Å². The third-order valence-corrected chi connectivity index (χ3v) is 7.40. The zero-order valence-corrected chi connectivity index (χ0v) is 20.5. The van der Waals surface area contributed by atoms with Crippen LogP contribution in [0.1, 0.15) is 23.3 Å². The Labute approximate surface area is 213 Å². The fraction of sp³-hybridized carbons (Fsp3) is 0.538. The van der Waals surface area contributed by atoms with Crippen molar-refractivity contribution < 1.29 is 54.0 Å². The largest absolute Gasteiger partial charge is 0.508 e. The monoisotopic (exact) mass is 520 g/mol. The Morgan fingerprint density at radius 1 is 0.811 bits per heavy atom. The number of benzene rings is 2. The topological polar surface area (TPSA) is 157 Å². The maximum absolute atomic E-state index is 10.3. The molecule has 11 nitrogen and oxygen atoms in total. The van der Waals surface area contributed by atoms with Crippen LogP contribution in [0.3, 0.4) is 0 Å². The Morgan fingerprint density at radius 2 is 1.41 bits per heavy atom. The second-order valence-electron chi connectivity index (χ2n) is 9.48. The van der Waals surface area contributed by atoms with Crippen LogP contribution < -0.4 is 14.2 Å². The standard InChI is InChI=1S/C26H32O11/c1-32-18-7-12(28)3-5-14(18)24-16-10-35-25(17(16)11-34-24)15-6-4-13(8-19(15)33-2)36-26-23(31)22(30)21(29)20(9-27)37-26/h3-8,16-17,20-31H,9-11H2,1-2H3. The molecule has 0 radical (unpaired) electrons. The minimum atomic E-state index is -1.54. The predicted octanol–water partition coefficient (Wildman–Crippen LogP) is 0.663. The highest BCUT2D eigenvalue weighted by Crippen LogP contribution is 2.53. The van der Waals surface area contributed by atoms with Gasteiger partial charge in [-0.3, -0.25) is 0 Å². The van der Waals surface area contributed by atoms with Gasteiger partial charge >= 0.3 is 0 Å². The summed E-state index contributed by atoms with van der Waals surface area (Å²) >= 11 is 0. The second-order valence-corrected chi connectivity index (χ2v) is 9.48. The van der Waals surface area contributed by atoms with Gasteiger partial charge in [-0.05, 0) is 24.3 Å². The van der Waals surface area contributed by atoms with Gasteiger partial charge in [-0.15, -0.1) is 0 Å². The number of phenolic OH excluding ortho intramolecular Hbond substituents is 1. The van der Waals surface area contributed by atoms with Crippen LogP contribution in [0.15, 0.2) is 36.4 Å². The SMILES string of the molecule is COc1cc(O)ccc1C1OCC2C(c3ccc(OC4OC(CO)C(O)C(O)C4O)cc3OC)OCC12. The average molecular weight is 521 g/mol. The number of rotatable bonds is 7. The summed E-state index contributed by atoms with van der Waals surface area (Å²) in [5.74, 6) is 1.59. The van der Waals surface area contributed by atoms with Gasteiger partial charge in [-0.25, -0.2) is 0 Å². The normalized spacial score (nSPS) is 35.2. The minimum Gasteiger partial charge on any atom is -0.508 e. The maximum Gasteiger partial charge on any atom is 0.229 e. The molecule has 3 aliphatic rings. The van der Waals surface area contributed by atoms with Crippen LogP contribution in [0.25, 0.3) is 0 Å². The number of fused-ring (bicyclic) bond motifs is 1. The minimum absolute atomic E-state index is 0.0506. The molecule has 0 bridgehead atoms. The molecule has 0 amide bonds. The molecule has 0 spiro atoms. The summed E-state index contributed by atoms with van der Waals surface area (Å²) < 4.78 is 34.6. The van der Waals surface area contributed by atoms with Crippen LogP contribution in [0.2, 0.25) is 0 Å². The number of hydrogen-bond acceptors (Lipinski definition) is 11. The Bertz CT molecular complexity index is 1090. The molecular formula is C26H32O11. The van der Waals surface area contributed by atoms with E-state index in [0.717, 1.165) is 11.1 Å². The zero-order valence-electron chi connectivity index (χ0n) is 20.5. The summed E-state index contributed by atoms with van der Waals surface area (Å²) in [5.41, 5.74) is 1.66. The lowest BCUT2D eigenvalue weighted by molar-refractivity contribution is -0.277. The molecule has 3 saturated heterocycles. The molecule has 0 saturated carbocycles. The van der Waals surface area contributed by atoms with Crippen molar-refractivity contribution in [3.8, 4) is 23.0 Å². The fourth-order valence-corrected chi connectivity index (χ4v) is 5.42. The third kappa shape index (κ3) is 4.72. The van der Waals surface area contributed by atoms with E-state index in [0.29, 0.717) is 30.5 Å². The number of hydrogen-bond donors (Lipinski definition) is 5. The van der Waals surface area contributed by atoms with Crippen molar-refractivity contribution >= 4 is 0 Å². The van der Waals surface area contributed by atoms with Gasteiger partial charge in [0.1, 0.15) is 47.4 Å². The smallest absolute Gasteiger partial charge is 0.229 e. The lowest BCUT2D eigenvalue weighted by atomic mass is 9.84. The molecule has 9 unspecified atom stereocenters. The van der Waals surface area contributed by atoms with E-state index in [1.165, 1.54) is 7.11 Å². The molecule has 3 aliphatic heterocycles. The van der Waals surface area contributed by atoms with E-state index in [-0.39, 0.29) is 29.8 Å². The maximum atomic E-state index is 10.3. The van der Waals surface area contributed by atoms with Gasteiger partial charge < -0.3 is 54.0 Å². The summed E-state index contributed by atoms with van der Waals surface area (Å²) in [6.07, 6.45) is -7.45. The molecule has 0 aliphatic carbocycles. The van der Waals surface area contributed by atoms with Gasteiger partial charge in [0.2, 0.25) is 6.29 Å². The molecule has 2 aromatic rings. The fourth-order valence-electron chi connectivity index (χ4n) is 5.42. The van der Waals surface area contributed by atoms with Crippen molar-refractivity contribution in [1.29, 1.82) is 0 Å². The lowest BCUT2D eigenvalue weighted by Crippen LogP contribution is -2.60. The Kier molecular flexibility index (Phi) is 7.46. The highest BCUT2D eigenvalue weighted by atomic mass is 16.7. The highest BCUT2D eigenvalue weighted by Gasteiger charge is 2.49. The van der Waals surface area contributed by atoms with Crippen LogP contribution in [0.4, 0.5) is 0 Å². The van der Waals surface area contributed by atoms with Gasteiger partial charge in [0.15, 0.2) is 0 Å². The molecule has 2 aromatic carbocycles. The molecule has 9 atom stereocenters. The number of aromatic hydroxyl groups is 1. The Hall–Kier alpha value is -2.64.